The molecule has 0 spiro atoms. The molecule has 22 heavy (non-hydrogen) atoms. The van der Waals surface area contributed by atoms with E-state index in [9.17, 15) is 0 Å². The van der Waals surface area contributed by atoms with Crippen LogP contribution in [0, 0.1) is 6.92 Å². The Morgan fingerprint density at radius 3 is 2.36 bits per heavy atom. The van der Waals surface area contributed by atoms with E-state index >= 15 is 0 Å². The van der Waals surface area contributed by atoms with Crippen LogP contribution in [0.25, 0.3) is 5.82 Å². The van der Waals surface area contributed by atoms with Gasteiger partial charge < -0.3 is 4.90 Å². The molecule has 0 radical (unpaired) electrons. The highest BCUT2D eigenvalue weighted by Crippen LogP contribution is 2.28. The molecule has 116 valence electrons. The van der Waals surface area contributed by atoms with Gasteiger partial charge in [0.1, 0.15) is 0 Å². The maximum atomic E-state index is 4.86. The summed E-state index contributed by atoms with van der Waals surface area (Å²) in [7, 11) is 0. The molecule has 0 amide bonds. The van der Waals surface area contributed by atoms with Gasteiger partial charge in [-0.1, -0.05) is 0 Å². The van der Waals surface area contributed by atoms with Crippen molar-refractivity contribution in [2.75, 3.05) is 18.0 Å². The van der Waals surface area contributed by atoms with Gasteiger partial charge in [-0.3, -0.25) is 0 Å². The lowest BCUT2D eigenvalue weighted by atomic mass is 9.96. The molecule has 1 saturated heterocycles. The maximum absolute atomic E-state index is 4.86. The number of hydrogen-bond acceptors (Lipinski definition) is 4. The molecule has 0 N–H and O–H groups in total. The summed E-state index contributed by atoms with van der Waals surface area (Å²) in [4.78, 5) is 11.6. The number of fused-ring (bicyclic) bond motifs is 1. The molecule has 0 saturated carbocycles. The van der Waals surface area contributed by atoms with Crippen LogP contribution in [0.4, 0.5) is 5.82 Å². The first-order chi connectivity index (χ1) is 10.8. The zero-order valence-electron chi connectivity index (χ0n) is 13.3. The molecular formula is C17H23N5. The van der Waals surface area contributed by atoms with Crippen LogP contribution in [0.15, 0.2) is 12.4 Å². The fourth-order valence-electron chi connectivity index (χ4n) is 3.72. The Kier molecular flexibility index (Phi) is 3.56. The minimum atomic E-state index is 0.899. The fraction of sp³-hybridized carbons (Fsp3) is 0.588. The topological polar surface area (TPSA) is 46.8 Å². The molecule has 5 heteroatoms. The highest BCUT2D eigenvalue weighted by atomic mass is 15.4. The number of piperidine rings is 1. The molecule has 2 aromatic heterocycles. The van der Waals surface area contributed by atoms with Crippen molar-refractivity contribution in [1.29, 1.82) is 0 Å². The summed E-state index contributed by atoms with van der Waals surface area (Å²) < 4.78 is 2.03. The standard InChI is InChI=1S/C17H23N5/c1-13-14-7-3-4-8-15(14)20-22(13)17-16(18-9-10-19-17)21-11-5-2-6-12-21/h9-10H,2-8,11-12H2,1H3. The number of hydrogen-bond donors (Lipinski definition) is 0. The molecule has 1 aliphatic heterocycles. The van der Waals surface area contributed by atoms with E-state index < -0.39 is 0 Å². The molecule has 0 unspecified atom stereocenters. The molecular weight excluding hydrogens is 274 g/mol. The number of rotatable bonds is 2. The molecule has 0 aromatic carbocycles. The second-order valence-corrected chi connectivity index (χ2v) is 6.38. The third-order valence-electron chi connectivity index (χ3n) is 4.93. The van der Waals surface area contributed by atoms with Crippen molar-refractivity contribution in [3.8, 4) is 5.82 Å². The van der Waals surface area contributed by atoms with Gasteiger partial charge >= 0.3 is 0 Å². The Morgan fingerprint density at radius 1 is 0.864 bits per heavy atom. The van der Waals surface area contributed by atoms with E-state index in [4.69, 9.17) is 5.10 Å². The quantitative estimate of drug-likeness (QED) is 0.855. The Balaban J connectivity index is 1.78. The Labute approximate surface area is 131 Å². The van der Waals surface area contributed by atoms with Crippen LogP contribution in [0.1, 0.15) is 49.1 Å². The van der Waals surface area contributed by atoms with Crippen LogP contribution in [-0.4, -0.2) is 32.8 Å². The largest absolute Gasteiger partial charge is 0.353 e. The predicted octanol–water partition coefficient (Wildman–Crippen LogP) is 2.84. The SMILES string of the molecule is Cc1c2c(nn1-c1nccnc1N1CCCCC1)CCCC2. The summed E-state index contributed by atoms with van der Waals surface area (Å²) in [5.74, 6) is 1.89. The Hall–Kier alpha value is -1.91. The summed E-state index contributed by atoms with van der Waals surface area (Å²) in [6, 6.07) is 0. The van der Waals surface area contributed by atoms with Crippen molar-refractivity contribution in [2.45, 2.75) is 51.9 Å². The number of nitrogens with zero attached hydrogens (tertiary/aromatic N) is 5. The van der Waals surface area contributed by atoms with Gasteiger partial charge in [0.05, 0.1) is 5.69 Å². The molecule has 3 heterocycles. The second-order valence-electron chi connectivity index (χ2n) is 6.38. The Bertz CT molecular complexity index is 670. The number of anilines is 1. The minimum Gasteiger partial charge on any atom is -0.353 e. The van der Waals surface area contributed by atoms with Gasteiger partial charge in [-0.05, 0) is 57.4 Å². The summed E-state index contributed by atoms with van der Waals surface area (Å²) in [5.41, 5.74) is 3.94. The predicted molar refractivity (Wildman–Crippen MR) is 86.6 cm³/mol. The monoisotopic (exact) mass is 297 g/mol. The van der Waals surface area contributed by atoms with E-state index in [2.05, 4.69) is 21.8 Å². The maximum Gasteiger partial charge on any atom is 0.197 e. The van der Waals surface area contributed by atoms with Gasteiger partial charge in [-0.25, -0.2) is 14.6 Å². The highest BCUT2D eigenvalue weighted by Gasteiger charge is 2.23. The molecule has 1 fully saturated rings. The molecule has 4 rings (SSSR count). The van der Waals surface area contributed by atoms with Crippen molar-refractivity contribution in [1.82, 2.24) is 19.7 Å². The van der Waals surface area contributed by atoms with Crippen LogP contribution in [0.5, 0.6) is 0 Å². The average molecular weight is 297 g/mol. The average Bonchev–Trinajstić information content (AvgIpc) is 2.93. The van der Waals surface area contributed by atoms with Crippen molar-refractivity contribution in [2.24, 2.45) is 0 Å². The van der Waals surface area contributed by atoms with E-state index in [-0.39, 0.29) is 0 Å². The molecule has 0 atom stereocenters. The lowest BCUT2D eigenvalue weighted by Gasteiger charge is -2.28. The lowest BCUT2D eigenvalue weighted by molar-refractivity contribution is 0.570. The number of aryl methyl sites for hydroxylation is 1. The number of aromatic nitrogens is 4. The fourth-order valence-corrected chi connectivity index (χ4v) is 3.72. The summed E-state index contributed by atoms with van der Waals surface area (Å²) in [6.45, 7) is 4.32. The molecule has 2 aromatic rings. The van der Waals surface area contributed by atoms with Crippen molar-refractivity contribution >= 4 is 5.82 Å². The third kappa shape index (κ3) is 2.28. The summed E-state index contributed by atoms with van der Waals surface area (Å²) in [5, 5.41) is 4.86. The minimum absolute atomic E-state index is 0.899. The first kappa shape index (κ1) is 13.7. The van der Waals surface area contributed by atoms with Gasteiger partial charge in [-0.15, -0.1) is 0 Å². The van der Waals surface area contributed by atoms with E-state index in [1.165, 1.54) is 49.1 Å². The Morgan fingerprint density at radius 2 is 1.59 bits per heavy atom. The first-order valence-corrected chi connectivity index (χ1v) is 8.48. The van der Waals surface area contributed by atoms with E-state index in [0.717, 1.165) is 37.6 Å². The van der Waals surface area contributed by atoms with Crippen LogP contribution in [0.3, 0.4) is 0 Å². The zero-order valence-corrected chi connectivity index (χ0v) is 13.3. The van der Waals surface area contributed by atoms with Crippen LogP contribution >= 0.6 is 0 Å². The van der Waals surface area contributed by atoms with Crippen molar-refractivity contribution in [3.63, 3.8) is 0 Å². The van der Waals surface area contributed by atoms with Gasteiger partial charge in [-0.2, -0.15) is 5.10 Å². The molecule has 0 bridgehead atoms. The molecule has 2 aliphatic rings. The normalized spacial score (nSPS) is 18.3. The second kappa shape index (κ2) is 5.71. The molecule has 1 aliphatic carbocycles. The van der Waals surface area contributed by atoms with Gasteiger partial charge in [0.2, 0.25) is 0 Å². The van der Waals surface area contributed by atoms with Crippen molar-refractivity contribution < 1.29 is 0 Å². The lowest BCUT2D eigenvalue weighted by Crippen LogP contribution is -2.31. The third-order valence-corrected chi connectivity index (χ3v) is 4.93. The zero-order chi connectivity index (χ0) is 14.9. The van der Waals surface area contributed by atoms with Crippen LogP contribution < -0.4 is 4.90 Å². The smallest absolute Gasteiger partial charge is 0.197 e. The summed E-state index contributed by atoms with van der Waals surface area (Å²) >= 11 is 0. The van der Waals surface area contributed by atoms with Crippen molar-refractivity contribution in [3.05, 3.63) is 29.3 Å². The van der Waals surface area contributed by atoms with E-state index in [1.54, 1.807) is 12.4 Å². The van der Waals surface area contributed by atoms with Gasteiger partial charge in [0.25, 0.3) is 0 Å². The van der Waals surface area contributed by atoms with Gasteiger partial charge in [0.15, 0.2) is 11.6 Å². The summed E-state index contributed by atoms with van der Waals surface area (Å²) in [6.07, 6.45) is 12.2. The van der Waals surface area contributed by atoms with Crippen LogP contribution in [0.2, 0.25) is 0 Å². The van der Waals surface area contributed by atoms with E-state index in [1.807, 2.05) is 4.68 Å². The van der Waals surface area contributed by atoms with Crippen LogP contribution in [-0.2, 0) is 12.8 Å². The van der Waals surface area contributed by atoms with Gasteiger partial charge in [0, 0.05) is 31.2 Å². The highest BCUT2D eigenvalue weighted by molar-refractivity contribution is 5.54. The first-order valence-electron chi connectivity index (χ1n) is 8.48. The molecule has 5 nitrogen and oxygen atoms in total. The van der Waals surface area contributed by atoms with E-state index in [0.29, 0.717) is 0 Å².